The number of aromatic nitrogens is 2. The second-order valence-electron chi connectivity index (χ2n) is 8.54. The molecule has 0 unspecified atom stereocenters. The molecule has 34 heavy (non-hydrogen) atoms. The van der Waals surface area contributed by atoms with Gasteiger partial charge in [0.25, 0.3) is 5.91 Å². The summed E-state index contributed by atoms with van der Waals surface area (Å²) in [5, 5.41) is 14.1. The zero-order valence-electron chi connectivity index (χ0n) is 19.9. The van der Waals surface area contributed by atoms with Crippen LogP contribution in [0, 0.1) is 11.3 Å². The van der Waals surface area contributed by atoms with Crippen LogP contribution in [-0.4, -0.2) is 35.9 Å². The minimum Gasteiger partial charge on any atom is -0.497 e. The van der Waals surface area contributed by atoms with Crippen molar-refractivity contribution in [2.45, 2.75) is 39.2 Å². The Kier molecular flexibility index (Phi) is 6.68. The lowest BCUT2D eigenvalue weighted by molar-refractivity contribution is -0.301. The van der Waals surface area contributed by atoms with Crippen LogP contribution in [0.2, 0.25) is 0 Å². The molecule has 0 saturated heterocycles. The lowest BCUT2D eigenvalue weighted by Gasteiger charge is -2.28. The van der Waals surface area contributed by atoms with Gasteiger partial charge in [0, 0.05) is 17.8 Å². The van der Waals surface area contributed by atoms with Gasteiger partial charge in [-0.25, -0.2) is 14.5 Å². The van der Waals surface area contributed by atoms with Crippen LogP contribution >= 0.6 is 0 Å². The third kappa shape index (κ3) is 4.40. The molecule has 0 fully saturated rings. The van der Waals surface area contributed by atoms with Crippen molar-refractivity contribution in [1.82, 2.24) is 9.78 Å². The van der Waals surface area contributed by atoms with Crippen LogP contribution < -0.4 is 9.64 Å². The Bertz CT molecular complexity index is 1210. The lowest BCUT2D eigenvalue weighted by Crippen LogP contribution is -2.39. The van der Waals surface area contributed by atoms with E-state index in [1.165, 1.54) is 0 Å². The highest BCUT2D eigenvalue weighted by Gasteiger charge is 2.33. The minimum atomic E-state index is -0.597. The fourth-order valence-corrected chi connectivity index (χ4v) is 4.01. The summed E-state index contributed by atoms with van der Waals surface area (Å²) < 4.78 is 6.93. The molecule has 0 aliphatic carbocycles. The van der Waals surface area contributed by atoms with Crippen molar-refractivity contribution in [2.24, 2.45) is 0 Å². The molecule has 0 atom stereocenters. The average molecular weight is 461 g/mol. The first kappa shape index (κ1) is 23.5. The van der Waals surface area contributed by atoms with E-state index in [1.54, 1.807) is 16.7 Å². The van der Waals surface area contributed by atoms with Gasteiger partial charge in [0.1, 0.15) is 18.1 Å². The van der Waals surface area contributed by atoms with Gasteiger partial charge in [-0.05, 0) is 69.2 Å². The molecule has 4 rings (SSSR count). The number of hydrogen-bond acceptors (Lipinski definition) is 6. The average Bonchev–Trinajstić information content (AvgIpc) is 3.24. The fraction of sp³-hybridized carbons (Fsp3) is 0.346. The number of nitrogens with zero attached hydrogens (tertiary/aromatic N) is 4. The van der Waals surface area contributed by atoms with Gasteiger partial charge in [0.2, 0.25) is 0 Å². The maximum atomic E-state index is 13.7. The number of rotatable bonds is 8. The Balaban J connectivity index is 1.71. The van der Waals surface area contributed by atoms with E-state index in [0.29, 0.717) is 31.0 Å². The van der Waals surface area contributed by atoms with Crippen LogP contribution in [0.25, 0.3) is 5.69 Å². The Labute approximate surface area is 199 Å². The zero-order chi connectivity index (χ0) is 24.3. The molecule has 2 heterocycles. The summed E-state index contributed by atoms with van der Waals surface area (Å²) in [7, 11) is 1.61. The molecule has 8 heteroatoms. The maximum Gasteiger partial charge on any atom is 0.277 e. The lowest BCUT2D eigenvalue weighted by atomic mass is 9.86. The van der Waals surface area contributed by atoms with E-state index in [9.17, 15) is 10.1 Å². The van der Waals surface area contributed by atoms with E-state index in [0.717, 1.165) is 28.3 Å². The molecule has 0 spiro atoms. The fourth-order valence-electron chi connectivity index (χ4n) is 4.01. The number of nitriles is 1. The van der Waals surface area contributed by atoms with Crippen molar-refractivity contribution in [3.8, 4) is 17.5 Å². The van der Waals surface area contributed by atoms with Gasteiger partial charge in [-0.3, -0.25) is 4.79 Å². The van der Waals surface area contributed by atoms with E-state index >= 15 is 0 Å². The van der Waals surface area contributed by atoms with Crippen LogP contribution in [0.1, 0.15) is 48.1 Å². The Morgan fingerprint density at radius 2 is 1.74 bits per heavy atom. The zero-order valence-corrected chi connectivity index (χ0v) is 19.9. The molecule has 1 amide bonds. The first-order valence-corrected chi connectivity index (χ1v) is 11.2. The first-order chi connectivity index (χ1) is 16.4. The second-order valence-corrected chi connectivity index (χ2v) is 8.54. The van der Waals surface area contributed by atoms with Crippen LogP contribution in [0.15, 0.2) is 48.5 Å². The van der Waals surface area contributed by atoms with Gasteiger partial charge in [0.15, 0.2) is 0 Å². The summed E-state index contributed by atoms with van der Waals surface area (Å²) in [5.41, 5.74) is 3.89. The quantitative estimate of drug-likeness (QED) is 0.282. The topological polar surface area (TPSA) is 89.6 Å². The standard InChI is InChI=1S/C26H28N4O4/c1-5-33-34-16-23-22-14-15-29(19-8-6-18(7-9-19)26(2,3)17-27)25(31)24(22)30(28-23)20-10-12-21(32-4)13-11-20/h6-13H,5,14-16H2,1-4H3. The molecule has 0 radical (unpaired) electrons. The van der Waals surface area contributed by atoms with Crippen molar-refractivity contribution in [1.29, 1.82) is 5.26 Å². The highest BCUT2D eigenvalue weighted by Crippen LogP contribution is 2.31. The maximum absolute atomic E-state index is 13.7. The molecule has 3 aromatic rings. The molecular formula is C26H28N4O4. The number of carbonyl (C=O) groups excluding carboxylic acids is 1. The second kappa shape index (κ2) is 9.67. The normalized spacial score (nSPS) is 13.5. The number of hydrogen-bond donors (Lipinski definition) is 0. The highest BCUT2D eigenvalue weighted by molar-refractivity contribution is 6.07. The number of fused-ring (bicyclic) bond motifs is 1. The van der Waals surface area contributed by atoms with E-state index in [-0.39, 0.29) is 12.5 Å². The number of carbonyl (C=O) groups is 1. The molecular weight excluding hydrogens is 432 g/mol. The Morgan fingerprint density at radius 3 is 2.35 bits per heavy atom. The summed E-state index contributed by atoms with van der Waals surface area (Å²) in [6, 6.07) is 17.3. The molecule has 0 bridgehead atoms. The van der Waals surface area contributed by atoms with Gasteiger partial charge in [-0.2, -0.15) is 10.4 Å². The van der Waals surface area contributed by atoms with E-state index < -0.39 is 5.41 Å². The van der Waals surface area contributed by atoms with Crippen LogP contribution in [0.5, 0.6) is 5.75 Å². The van der Waals surface area contributed by atoms with Crippen LogP contribution in [0.4, 0.5) is 5.69 Å². The number of anilines is 1. The van der Waals surface area contributed by atoms with Gasteiger partial charge in [-0.1, -0.05) is 12.1 Å². The van der Waals surface area contributed by atoms with Crippen LogP contribution in [0.3, 0.4) is 0 Å². The SMILES string of the molecule is CCOOCc1nn(-c2ccc(OC)cc2)c2c1CCN(c1ccc(C(C)(C)C#N)cc1)C2=O. The molecule has 1 aromatic heterocycles. The number of ether oxygens (including phenoxy) is 1. The smallest absolute Gasteiger partial charge is 0.277 e. The largest absolute Gasteiger partial charge is 0.497 e. The Hall–Kier alpha value is -3.67. The molecule has 0 saturated carbocycles. The molecule has 176 valence electrons. The summed E-state index contributed by atoms with van der Waals surface area (Å²) in [5.74, 6) is 0.581. The first-order valence-electron chi connectivity index (χ1n) is 11.2. The minimum absolute atomic E-state index is 0.139. The number of amides is 1. The predicted octanol–water partition coefficient (Wildman–Crippen LogP) is 4.35. The van der Waals surface area contributed by atoms with Crippen molar-refractivity contribution in [3.63, 3.8) is 0 Å². The molecule has 1 aliphatic rings. The third-order valence-electron chi connectivity index (χ3n) is 5.99. The van der Waals surface area contributed by atoms with Gasteiger partial charge >= 0.3 is 0 Å². The van der Waals surface area contributed by atoms with Gasteiger partial charge in [-0.15, -0.1) is 0 Å². The summed E-state index contributed by atoms with van der Waals surface area (Å²) >= 11 is 0. The summed E-state index contributed by atoms with van der Waals surface area (Å²) in [4.78, 5) is 25.8. The highest BCUT2D eigenvalue weighted by atomic mass is 17.2. The molecule has 1 aliphatic heterocycles. The number of methoxy groups -OCH3 is 1. The summed E-state index contributed by atoms with van der Waals surface area (Å²) in [6.07, 6.45) is 0.632. The number of benzene rings is 2. The summed E-state index contributed by atoms with van der Waals surface area (Å²) in [6.45, 7) is 6.69. The Morgan fingerprint density at radius 1 is 1.06 bits per heavy atom. The van der Waals surface area contributed by atoms with E-state index in [1.807, 2.05) is 69.3 Å². The van der Waals surface area contributed by atoms with Gasteiger partial charge < -0.3 is 9.64 Å². The van der Waals surface area contributed by atoms with Crippen molar-refractivity contribution in [2.75, 3.05) is 25.2 Å². The monoisotopic (exact) mass is 460 g/mol. The predicted molar refractivity (Wildman–Crippen MR) is 127 cm³/mol. The molecule has 0 N–H and O–H groups in total. The third-order valence-corrected chi connectivity index (χ3v) is 5.99. The molecule has 8 nitrogen and oxygen atoms in total. The van der Waals surface area contributed by atoms with Crippen molar-refractivity contribution < 1.29 is 19.3 Å². The van der Waals surface area contributed by atoms with E-state index in [2.05, 4.69) is 6.07 Å². The van der Waals surface area contributed by atoms with Crippen LogP contribution in [-0.2, 0) is 28.2 Å². The molecule has 2 aromatic carbocycles. The van der Waals surface area contributed by atoms with Crippen molar-refractivity contribution in [3.05, 3.63) is 71.0 Å². The van der Waals surface area contributed by atoms with E-state index in [4.69, 9.17) is 19.6 Å². The van der Waals surface area contributed by atoms with Gasteiger partial charge in [0.05, 0.1) is 36.6 Å². The van der Waals surface area contributed by atoms with Crippen molar-refractivity contribution >= 4 is 11.6 Å².